The van der Waals surface area contributed by atoms with Gasteiger partial charge in [0.25, 0.3) is 0 Å². The predicted molar refractivity (Wildman–Crippen MR) is 77.8 cm³/mol. The number of nitrogen functional groups attached to an aromatic ring is 1. The number of aryl methyl sites for hydroxylation is 3. The molecule has 0 aliphatic carbocycles. The van der Waals surface area contributed by atoms with Crippen LogP contribution in [0.5, 0.6) is 0 Å². The van der Waals surface area contributed by atoms with Crippen LogP contribution >= 0.6 is 0 Å². The Morgan fingerprint density at radius 3 is 2.74 bits per heavy atom. The topological polar surface area (TPSA) is 56.7 Å². The lowest BCUT2D eigenvalue weighted by Crippen LogP contribution is -2.00. The van der Waals surface area contributed by atoms with E-state index in [1.807, 2.05) is 30.7 Å². The summed E-state index contributed by atoms with van der Waals surface area (Å²) in [4.78, 5) is 9.01. The fourth-order valence-electron chi connectivity index (χ4n) is 2.43. The first kappa shape index (κ1) is 11.7. The zero-order valence-corrected chi connectivity index (χ0v) is 11.3. The third kappa shape index (κ3) is 1.76. The Morgan fingerprint density at radius 1 is 1.21 bits per heavy atom. The summed E-state index contributed by atoms with van der Waals surface area (Å²) in [6, 6.07) is 8.01. The fourth-order valence-corrected chi connectivity index (χ4v) is 2.43. The van der Waals surface area contributed by atoms with Crippen molar-refractivity contribution in [2.24, 2.45) is 7.05 Å². The maximum Gasteiger partial charge on any atom is 0.159 e. The van der Waals surface area contributed by atoms with E-state index in [0.717, 1.165) is 33.8 Å². The molecule has 2 N–H and O–H groups in total. The van der Waals surface area contributed by atoms with Gasteiger partial charge in [0.2, 0.25) is 0 Å². The molecule has 0 atom stereocenters. The van der Waals surface area contributed by atoms with Gasteiger partial charge in [0, 0.05) is 24.5 Å². The second kappa shape index (κ2) is 4.09. The van der Waals surface area contributed by atoms with E-state index in [4.69, 9.17) is 5.73 Å². The number of hydrogen-bond donors (Lipinski definition) is 1. The van der Waals surface area contributed by atoms with E-state index in [9.17, 15) is 0 Å². The van der Waals surface area contributed by atoms with Gasteiger partial charge in [0.1, 0.15) is 11.3 Å². The molecule has 4 nitrogen and oxygen atoms in total. The Kier molecular flexibility index (Phi) is 2.52. The Hall–Kier alpha value is -2.36. The van der Waals surface area contributed by atoms with Gasteiger partial charge in [0.05, 0.1) is 0 Å². The number of imidazole rings is 1. The van der Waals surface area contributed by atoms with E-state index in [1.165, 1.54) is 5.56 Å². The van der Waals surface area contributed by atoms with Gasteiger partial charge in [-0.25, -0.2) is 9.97 Å². The molecule has 0 bridgehead atoms. The fraction of sp³-hybridized carbons (Fsp3) is 0.200. The monoisotopic (exact) mass is 252 g/mol. The summed E-state index contributed by atoms with van der Waals surface area (Å²) >= 11 is 0. The van der Waals surface area contributed by atoms with E-state index < -0.39 is 0 Å². The number of rotatable bonds is 1. The zero-order chi connectivity index (χ0) is 13.6. The highest BCUT2D eigenvalue weighted by Crippen LogP contribution is 2.30. The van der Waals surface area contributed by atoms with Crippen LogP contribution in [0.2, 0.25) is 0 Å². The second-order valence-electron chi connectivity index (χ2n) is 4.88. The molecule has 96 valence electrons. The molecule has 0 aliphatic heterocycles. The lowest BCUT2D eigenvalue weighted by atomic mass is 10.0. The smallest absolute Gasteiger partial charge is 0.159 e. The highest BCUT2D eigenvalue weighted by Gasteiger charge is 2.14. The molecule has 0 fully saturated rings. The molecule has 2 aromatic heterocycles. The van der Waals surface area contributed by atoms with Gasteiger partial charge in [-0.2, -0.15) is 0 Å². The summed E-state index contributed by atoms with van der Waals surface area (Å²) in [6.07, 6.45) is 1.78. The molecule has 19 heavy (non-hydrogen) atoms. The Balaban J connectivity index is 2.33. The minimum Gasteiger partial charge on any atom is -0.398 e. The van der Waals surface area contributed by atoms with Crippen molar-refractivity contribution >= 4 is 16.9 Å². The number of fused-ring (bicyclic) bond motifs is 1. The minimum atomic E-state index is 0.781. The number of nitrogens with zero attached hydrogens (tertiary/aromatic N) is 3. The summed E-state index contributed by atoms with van der Waals surface area (Å²) < 4.78 is 1.99. The zero-order valence-electron chi connectivity index (χ0n) is 11.3. The molecule has 0 spiro atoms. The van der Waals surface area contributed by atoms with Crippen LogP contribution < -0.4 is 5.73 Å². The standard InChI is InChI=1S/C15H16N4/c1-9-7-10(2)13(16)11(8-9)14-18-12-5-4-6-17-15(12)19(14)3/h4-8H,16H2,1-3H3. The molecule has 3 aromatic rings. The number of nitrogens with two attached hydrogens (primary N) is 1. The Morgan fingerprint density at radius 2 is 2.00 bits per heavy atom. The van der Waals surface area contributed by atoms with Crippen LogP contribution in [0.4, 0.5) is 5.69 Å². The number of anilines is 1. The molecule has 0 aliphatic rings. The van der Waals surface area contributed by atoms with Crippen molar-refractivity contribution < 1.29 is 0 Å². The van der Waals surface area contributed by atoms with Gasteiger partial charge in [-0.3, -0.25) is 0 Å². The molecule has 4 heteroatoms. The van der Waals surface area contributed by atoms with Crippen LogP contribution in [0, 0.1) is 13.8 Å². The van der Waals surface area contributed by atoms with E-state index in [-0.39, 0.29) is 0 Å². The lowest BCUT2D eigenvalue weighted by molar-refractivity contribution is 0.942. The maximum absolute atomic E-state index is 6.20. The summed E-state index contributed by atoms with van der Waals surface area (Å²) in [5.74, 6) is 0.859. The molecule has 0 radical (unpaired) electrons. The van der Waals surface area contributed by atoms with Gasteiger partial charge in [-0.05, 0) is 43.2 Å². The van der Waals surface area contributed by atoms with Crippen molar-refractivity contribution in [3.63, 3.8) is 0 Å². The molecule has 1 aromatic carbocycles. The van der Waals surface area contributed by atoms with Gasteiger partial charge >= 0.3 is 0 Å². The SMILES string of the molecule is Cc1cc(C)c(N)c(-c2nc3cccnc3n2C)c1. The largest absolute Gasteiger partial charge is 0.398 e. The number of benzene rings is 1. The first-order valence-corrected chi connectivity index (χ1v) is 6.22. The first-order chi connectivity index (χ1) is 9.08. The van der Waals surface area contributed by atoms with Gasteiger partial charge in [-0.1, -0.05) is 6.07 Å². The maximum atomic E-state index is 6.20. The summed E-state index contributed by atoms with van der Waals surface area (Å²) in [6.45, 7) is 4.09. The van der Waals surface area contributed by atoms with Crippen LogP contribution in [0.1, 0.15) is 11.1 Å². The Labute approximate surface area is 111 Å². The summed E-state index contributed by atoms with van der Waals surface area (Å²) in [5, 5.41) is 0. The third-order valence-electron chi connectivity index (χ3n) is 3.40. The normalized spacial score (nSPS) is 11.1. The van der Waals surface area contributed by atoms with E-state index in [0.29, 0.717) is 0 Å². The highest BCUT2D eigenvalue weighted by atomic mass is 15.1. The average molecular weight is 252 g/mol. The van der Waals surface area contributed by atoms with Crippen molar-refractivity contribution in [2.75, 3.05) is 5.73 Å². The molecule has 0 saturated carbocycles. The van der Waals surface area contributed by atoms with Crippen LogP contribution in [0.25, 0.3) is 22.6 Å². The number of hydrogen-bond acceptors (Lipinski definition) is 3. The van der Waals surface area contributed by atoms with Gasteiger partial charge in [-0.15, -0.1) is 0 Å². The van der Waals surface area contributed by atoms with E-state index in [2.05, 4.69) is 29.0 Å². The molecule has 2 heterocycles. The van der Waals surface area contributed by atoms with Crippen LogP contribution in [0.15, 0.2) is 30.5 Å². The van der Waals surface area contributed by atoms with Crippen molar-refractivity contribution in [1.29, 1.82) is 0 Å². The molecule has 3 rings (SSSR count). The average Bonchev–Trinajstić information content (AvgIpc) is 2.72. The van der Waals surface area contributed by atoms with Crippen molar-refractivity contribution in [3.8, 4) is 11.4 Å². The highest BCUT2D eigenvalue weighted by molar-refractivity contribution is 5.82. The molecule has 0 saturated heterocycles. The molecule has 0 unspecified atom stereocenters. The van der Waals surface area contributed by atoms with Crippen molar-refractivity contribution in [1.82, 2.24) is 14.5 Å². The van der Waals surface area contributed by atoms with Crippen LogP contribution in [-0.2, 0) is 7.05 Å². The molecular weight excluding hydrogens is 236 g/mol. The van der Waals surface area contributed by atoms with Gasteiger partial charge in [0.15, 0.2) is 5.65 Å². The van der Waals surface area contributed by atoms with Gasteiger partial charge < -0.3 is 10.3 Å². The van der Waals surface area contributed by atoms with E-state index >= 15 is 0 Å². The molecule has 0 amide bonds. The Bertz CT molecular complexity index is 771. The molecular formula is C15H16N4. The second-order valence-corrected chi connectivity index (χ2v) is 4.88. The van der Waals surface area contributed by atoms with E-state index in [1.54, 1.807) is 6.20 Å². The third-order valence-corrected chi connectivity index (χ3v) is 3.40. The predicted octanol–water partition coefficient (Wildman–Crippen LogP) is 2.83. The summed E-state index contributed by atoms with van der Waals surface area (Å²) in [7, 11) is 1.97. The minimum absolute atomic E-state index is 0.781. The number of aromatic nitrogens is 3. The van der Waals surface area contributed by atoms with Crippen molar-refractivity contribution in [3.05, 3.63) is 41.6 Å². The summed E-state index contributed by atoms with van der Waals surface area (Å²) in [5.41, 5.74) is 12.0. The van der Waals surface area contributed by atoms with Crippen molar-refractivity contribution in [2.45, 2.75) is 13.8 Å². The quantitative estimate of drug-likeness (QED) is 0.677. The lowest BCUT2D eigenvalue weighted by Gasteiger charge is -2.10. The van der Waals surface area contributed by atoms with Crippen LogP contribution in [-0.4, -0.2) is 14.5 Å². The first-order valence-electron chi connectivity index (χ1n) is 6.22. The van der Waals surface area contributed by atoms with Crippen LogP contribution in [0.3, 0.4) is 0 Å². The number of pyridine rings is 1.